The number of ether oxygens (including phenoxy) is 2. The van der Waals surface area contributed by atoms with E-state index in [2.05, 4.69) is 35.5 Å². The summed E-state index contributed by atoms with van der Waals surface area (Å²) in [4.78, 5) is 47.0. The average molecular weight is 562 g/mol. The maximum atomic E-state index is 15.0. The molecule has 0 aromatic carbocycles. The van der Waals surface area contributed by atoms with Crippen molar-refractivity contribution in [3.05, 3.63) is 24.7 Å². The van der Waals surface area contributed by atoms with Crippen LogP contribution in [-0.4, -0.2) is 106 Å². The Morgan fingerprint density at radius 3 is 2.48 bits per heavy atom. The minimum Gasteiger partial charge on any atom is -0.477 e. The van der Waals surface area contributed by atoms with E-state index in [1.54, 1.807) is 11.8 Å². The third-order valence-corrected chi connectivity index (χ3v) is 7.66. The topological polar surface area (TPSA) is 138 Å². The molecule has 6 heterocycles. The van der Waals surface area contributed by atoms with Crippen LogP contribution in [0.3, 0.4) is 0 Å². The fourth-order valence-corrected chi connectivity index (χ4v) is 5.26. The Labute approximate surface area is 230 Å². The number of nitrogens with one attached hydrogen (secondary N) is 2. The quantitative estimate of drug-likeness (QED) is 0.519. The number of urea groups is 1. The molecule has 0 radical (unpaired) electrons. The number of piperidine rings is 4. The number of aromatic nitrogens is 4. The maximum absolute atomic E-state index is 15.0. The van der Waals surface area contributed by atoms with Crippen molar-refractivity contribution in [3.8, 4) is 5.88 Å². The predicted molar refractivity (Wildman–Crippen MR) is 141 cm³/mol. The van der Waals surface area contributed by atoms with Crippen LogP contribution >= 0.6 is 0 Å². The van der Waals surface area contributed by atoms with Crippen LogP contribution < -0.4 is 20.3 Å². The molecule has 2 N–H and O–H groups in total. The SMILES string of the molecule is CCOc1cnc(NC(=O)N(C)[C@H]2CN(c3nccc(NC(=O)OC45CCN(CC4)CC5)n3)CCC2(F)F)cn1. The van der Waals surface area contributed by atoms with E-state index in [0.717, 1.165) is 43.8 Å². The molecule has 2 bridgehead atoms. The van der Waals surface area contributed by atoms with Gasteiger partial charge in [-0.25, -0.2) is 33.3 Å². The van der Waals surface area contributed by atoms with Gasteiger partial charge in [0, 0.05) is 71.7 Å². The molecule has 0 aliphatic carbocycles. The summed E-state index contributed by atoms with van der Waals surface area (Å²) in [6.07, 6.45) is 5.34. The van der Waals surface area contributed by atoms with Crippen LogP contribution in [0.1, 0.15) is 32.6 Å². The van der Waals surface area contributed by atoms with Crippen molar-refractivity contribution in [3.63, 3.8) is 0 Å². The summed E-state index contributed by atoms with van der Waals surface area (Å²) in [5, 5.41) is 5.14. The third-order valence-electron chi connectivity index (χ3n) is 7.66. The van der Waals surface area contributed by atoms with Crippen LogP contribution in [-0.2, 0) is 4.74 Å². The number of halogens is 2. The van der Waals surface area contributed by atoms with Crippen molar-refractivity contribution in [1.82, 2.24) is 29.7 Å². The number of likely N-dealkylation sites (N-methyl/N-ethyl adjacent to an activating group) is 1. The minimum absolute atomic E-state index is 0.0309. The zero-order chi connectivity index (χ0) is 28.3. The monoisotopic (exact) mass is 561 g/mol. The molecule has 15 heteroatoms. The van der Waals surface area contributed by atoms with Gasteiger partial charge in [-0.3, -0.25) is 10.6 Å². The molecule has 0 spiro atoms. The molecule has 4 aliphatic heterocycles. The van der Waals surface area contributed by atoms with Crippen LogP contribution in [0, 0.1) is 0 Å². The molecular formula is C25H33F2N9O4. The molecule has 2 aromatic rings. The molecule has 0 unspecified atom stereocenters. The van der Waals surface area contributed by atoms with Crippen molar-refractivity contribution in [1.29, 1.82) is 0 Å². The summed E-state index contributed by atoms with van der Waals surface area (Å²) in [6, 6.07) is -0.727. The zero-order valence-corrected chi connectivity index (χ0v) is 22.5. The first-order chi connectivity index (χ1) is 19.2. The molecule has 4 saturated heterocycles. The highest BCUT2D eigenvalue weighted by atomic mass is 19.3. The molecule has 4 aliphatic rings. The summed E-state index contributed by atoms with van der Waals surface area (Å²) in [5.74, 6) is -2.40. The Hall–Kier alpha value is -3.88. The standard InChI is InChI=1S/C25H33F2N9O4/c1-3-39-20-15-29-19(14-30-20)32-22(37)34(2)17-16-36(13-8-25(17,26)27)21-28-9-4-18(31-21)33-23(38)40-24-5-10-35(11-6-24)12-7-24/h4,9,14-15,17H,3,5-8,10-13,16H2,1-2H3,(H,29,32,37)(H,28,31,33,38)/t17-/m0/s1. The van der Waals surface area contributed by atoms with Crippen molar-refractivity contribution in [2.24, 2.45) is 0 Å². The second-order valence-corrected chi connectivity index (χ2v) is 10.2. The van der Waals surface area contributed by atoms with E-state index in [4.69, 9.17) is 9.47 Å². The second kappa shape index (κ2) is 11.3. The summed E-state index contributed by atoms with van der Waals surface area (Å²) in [5.41, 5.74) is -0.456. The molecule has 216 valence electrons. The zero-order valence-electron chi connectivity index (χ0n) is 22.5. The van der Waals surface area contributed by atoms with Crippen LogP contribution in [0.4, 0.5) is 36.0 Å². The van der Waals surface area contributed by atoms with Gasteiger partial charge in [0.2, 0.25) is 11.8 Å². The highest BCUT2D eigenvalue weighted by molar-refractivity contribution is 5.88. The van der Waals surface area contributed by atoms with Crippen molar-refractivity contribution >= 4 is 29.7 Å². The number of nitrogens with zero attached hydrogens (tertiary/aromatic N) is 7. The van der Waals surface area contributed by atoms with Gasteiger partial charge >= 0.3 is 12.1 Å². The van der Waals surface area contributed by atoms with Gasteiger partial charge in [0.15, 0.2) is 5.82 Å². The van der Waals surface area contributed by atoms with Crippen LogP contribution in [0.25, 0.3) is 0 Å². The van der Waals surface area contributed by atoms with E-state index in [0.29, 0.717) is 6.61 Å². The molecule has 40 heavy (non-hydrogen) atoms. The lowest BCUT2D eigenvalue weighted by Crippen LogP contribution is -2.60. The number of carbonyl (C=O) groups is 2. The molecule has 1 atom stereocenters. The summed E-state index contributed by atoms with van der Waals surface area (Å²) >= 11 is 0. The van der Waals surface area contributed by atoms with Gasteiger partial charge in [0.05, 0.1) is 19.0 Å². The largest absolute Gasteiger partial charge is 0.477 e. The Morgan fingerprint density at radius 1 is 1.05 bits per heavy atom. The van der Waals surface area contributed by atoms with Gasteiger partial charge < -0.3 is 24.2 Å². The van der Waals surface area contributed by atoms with Crippen LogP contribution in [0.5, 0.6) is 5.88 Å². The number of hydrogen-bond donors (Lipinski definition) is 2. The van der Waals surface area contributed by atoms with E-state index in [9.17, 15) is 18.4 Å². The van der Waals surface area contributed by atoms with Crippen molar-refractivity contribution < 1.29 is 27.8 Å². The highest BCUT2D eigenvalue weighted by Crippen LogP contribution is 2.36. The van der Waals surface area contributed by atoms with Gasteiger partial charge in [0.1, 0.15) is 17.5 Å². The van der Waals surface area contributed by atoms with Gasteiger partial charge in [-0.1, -0.05) is 0 Å². The Morgan fingerprint density at radius 2 is 1.80 bits per heavy atom. The summed E-state index contributed by atoms with van der Waals surface area (Å²) < 4.78 is 41.0. The third kappa shape index (κ3) is 6.13. The number of anilines is 3. The number of fused-ring (bicyclic) bond motifs is 3. The molecule has 2 aromatic heterocycles. The van der Waals surface area contributed by atoms with E-state index in [1.807, 2.05) is 0 Å². The number of carbonyl (C=O) groups excluding carboxylic acids is 2. The molecule has 6 rings (SSSR count). The smallest absolute Gasteiger partial charge is 0.413 e. The summed E-state index contributed by atoms with van der Waals surface area (Å²) in [7, 11) is 1.30. The molecular weight excluding hydrogens is 528 g/mol. The first-order valence-corrected chi connectivity index (χ1v) is 13.3. The first kappa shape index (κ1) is 27.7. The molecule has 13 nitrogen and oxygen atoms in total. The van der Waals surface area contributed by atoms with Gasteiger partial charge in [0.25, 0.3) is 5.92 Å². The average Bonchev–Trinajstić information content (AvgIpc) is 2.94. The molecule has 4 fully saturated rings. The Balaban J connectivity index is 1.22. The van der Waals surface area contributed by atoms with Crippen molar-refractivity contribution in [2.45, 2.75) is 50.2 Å². The predicted octanol–water partition coefficient (Wildman–Crippen LogP) is 2.83. The lowest BCUT2D eigenvalue weighted by molar-refractivity contribution is -0.0760. The van der Waals surface area contributed by atoms with E-state index >= 15 is 0 Å². The van der Waals surface area contributed by atoms with Crippen LogP contribution in [0.2, 0.25) is 0 Å². The van der Waals surface area contributed by atoms with Crippen molar-refractivity contribution in [2.75, 3.05) is 61.9 Å². The molecule has 0 saturated carbocycles. The minimum atomic E-state index is -3.15. The molecule has 3 amide bonds. The van der Waals surface area contributed by atoms with Gasteiger partial charge in [-0.05, 0) is 13.0 Å². The lowest BCUT2D eigenvalue weighted by atomic mass is 9.83. The second-order valence-electron chi connectivity index (χ2n) is 10.2. The lowest BCUT2D eigenvalue weighted by Gasteiger charge is -2.47. The first-order valence-electron chi connectivity index (χ1n) is 13.3. The van der Waals surface area contributed by atoms with E-state index in [-0.39, 0.29) is 36.6 Å². The number of alkyl halides is 2. The highest BCUT2D eigenvalue weighted by Gasteiger charge is 2.48. The van der Waals surface area contributed by atoms with Gasteiger partial charge in [-0.2, -0.15) is 4.98 Å². The number of rotatable bonds is 7. The fourth-order valence-electron chi connectivity index (χ4n) is 5.26. The fraction of sp³-hybridized carbons (Fsp3) is 0.600. The summed E-state index contributed by atoms with van der Waals surface area (Å²) in [6.45, 7) is 4.67. The maximum Gasteiger partial charge on any atom is 0.413 e. The number of amides is 3. The number of hydrogen-bond acceptors (Lipinski definition) is 10. The normalized spacial score (nSPS) is 25.1. The van der Waals surface area contributed by atoms with Gasteiger partial charge in [-0.15, -0.1) is 0 Å². The van der Waals surface area contributed by atoms with E-state index in [1.165, 1.54) is 31.7 Å². The Kier molecular flexibility index (Phi) is 7.83. The van der Waals surface area contributed by atoms with Crippen LogP contribution in [0.15, 0.2) is 24.7 Å². The van der Waals surface area contributed by atoms with E-state index < -0.39 is 36.1 Å². The Bertz CT molecular complexity index is 1200.